The molecule has 0 N–H and O–H groups in total. The second-order valence-electron chi connectivity index (χ2n) is 14.0. The molecule has 2 saturated carbocycles. The van der Waals surface area contributed by atoms with Crippen LogP contribution in [0.25, 0.3) is 0 Å². The van der Waals surface area contributed by atoms with E-state index in [4.69, 9.17) is 0 Å². The first kappa shape index (κ1) is 27.1. The van der Waals surface area contributed by atoms with E-state index in [1.165, 1.54) is 12.8 Å². The van der Waals surface area contributed by atoms with E-state index >= 15 is 0 Å². The van der Waals surface area contributed by atoms with E-state index in [1.807, 2.05) is 0 Å². The maximum Gasteiger partial charge on any atom is 0.155 e. The molecule has 182 valence electrons. The highest BCUT2D eigenvalue weighted by Gasteiger charge is 2.44. The fourth-order valence-corrected chi connectivity index (χ4v) is 6.38. The van der Waals surface area contributed by atoms with Gasteiger partial charge in [-0.15, -0.1) is 0 Å². The molecule has 2 rings (SSSR count). The van der Waals surface area contributed by atoms with Crippen molar-refractivity contribution in [1.82, 2.24) is 0 Å². The molecule has 0 heterocycles. The van der Waals surface area contributed by atoms with E-state index in [9.17, 15) is 9.59 Å². The molecule has 0 radical (unpaired) electrons. The summed E-state index contributed by atoms with van der Waals surface area (Å²) in [5.74, 6) is 1.71. The minimum atomic E-state index is 0.0812. The lowest BCUT2D eigenvalue weighted by Crippen LogP contribution is -2.41. The van der Waals surface area contributed by atoms with Gasteiger partial charge in [0.15, 0.2) is 11.6 Å². The van der Waals surface area contributed by atoms with Crippen molar-refractivity contribution in [2.45, 2.75) is 114 Å². The molecule has 0 aliphatic heterocycles. The van der Waals surface area contributed by atoms with Crippen LogP contribution in [0.2, 0.25) is 0 Å². The number of carbonyl (C=O) groups excluding carboxylic acids is 2. The topological polar surface area (TPSA) is 34.1 Å². The van der Waals surface area contributed by atoms with Crippen LogP contribution in [-0.4, -0.2) is 11.6 Å². The number of hydrogen-bond acceptors (Lipinski definition) is 2. The summed E-state index contributed by atoms with van der Waals surface area (Å²) in [5, 5.41) is 0. The fourth-order valence-electron chi connectivity index (χ4n) is 6.38. The number of ketones is 2. The fraction of sp³-hybridized carbons (Fsp3) is 0.800. The molecule has 0 aromatic carbocycles. The van der Waals surface area contributed by atoms with Crippen molar-refractivity contribution in [2.24, 2.45) is 39.4 Å². The third-order valence-electron chi connectivity index (χ3n) is 8.76. The van der Waals surface area contributed by atoms with Crippen molar-refractivity contribution in [3.05, 3.63) is 24.3 Å². The van der Waals surface area contributed by atoms with Gasteiger partial charge in [-0.05, 0) is 90.1 Å². The second-order valence-corrected chi connectivity index (χ2v) is 14.0. The Hall–Kier alpha value is -1.18. The largest absolute Gasteiger partial charge is 0.295 e. The molecule has 0 aromatic rings. The average molecular weight is 443 g/mol. The van der Waals surface area contributed by atoms with E-state index in [-0.39, 0.29) is 22.4 Å². The second kappa shape index (κ2) is 9.98. The minimum Gasteiger partial charge on any atom is -0.295 e. The van der Waals surface area contributed by atoms with Gasteiger partial charge in [0.25, 0.3) is 0 Å². The summed E-state index contributed by atoms with van der Waals surface area (Å²) >= 11 is 0. The minimum absolute atomic E-state index is 0.0812. The molecule has 0 spiro atoms. The molecular formula is C30H50O2. The lowest BCUT2D eigenvalue weighted by atomic mass is 9.55. The van der Waals surface area contributed by atoms with Crippen LogP contribution in [0, 0.1) is 39.4 Å². The highest BCUT2D eigenvalue weighted by molar-refractivity contribution is 5.96. The SMILES string of the molecule is CC1C(C)(C)CC(/C=C\C(=O)CCC(=O)C=CC2CC(C)(C)CCC(C)(C)C2)CC1(C)C. The van der Waals surface area contributed by atoms with Crippen LogP contribution in [0.4, 0.5) is 0 Å². The first-order valence-electron chi connectivity index (χ1n) is 12.9. The third-order valence-corrected chi connectivity index (χ3v) is 8.76. The van der Waals surface area contributed by atoms with Crippen LogP contribution in [-0.2, 0) is 9.59 Å². The Labute approximate surface area is 198 Å². The van der Waals surface area contributed by atoms with Gasteiger partial charge in [0, 0.05) is 12.8 Å². The van der Waals surface area contributed by atoms with E-state index in [0.29, 0.717) is 41.4 Å². The predicted octanol–water partition coefficient (Wildman–Crippen LogP) is 8.36. The molecule has 32 heavy (non-hydrogen) atoms. The van der Waals surface area contributed by atoms with Crippen molar-refractivity contribution in [2.75, 3.05) is 0 Å². The quantitative estimate of drug-likeness (QED) is 0.293. The van der Waals surface area contributed by atoms with Gasteiger partial charge in [-0.2, -0.15) is 0 Å². The van der Waals surface area contributed by atoms with Gasteiger partial charge in [-0.1, -0.05) is 74.5 Å². The van der Waals surface area contributed by atoms with Crippen LogP contribution in [0.15, 0.2) is 24.3 Å². The zero-order valence-corrected chi connectivity index (χ0v) is 22.5. The summed E-state index contributed by atoms with van der Waals surface area (Å²) in [6.45, 7) is 21.1. The number of rotatable bonds is 7. The first-order valence-corrected chi connectivity index (χ1v) is 12.9. The molecular weight excluding hydrogens is 392 g/mol. The standard InChI is InChI=1S/C30H50O2/c1-22-29(6,7)20-24(21-30(22,8)9)11-13-26(32)15-14-25(31)12-10-23-18-27(2,3)16-17-28(4,5)19-23/h10-13,22-24H,14-21H2,1-9H3/b12-10?,13-11-. The molecule has 2 nitrogen and oxygen atoms in total. The Morgan fingerprint density at radius 2 is 1.00 bits per heavy atom. The Morgan fingerprint density at radius 3 is 1.38 bits per heavy atom. The van der Waals surface area contributed by atoms with Crippen LogP contribution in [0.5, 0.6) is 0 Å². The highest BCUT2D eigenvalue weighted by atomic mass is 16.1. The molecule has 0 amide bonds. The summed E-state index contributed by atoms with van der Waals surface area (Å²) in [6, 6.07) is 0. The predicted molar refractivity (Wildman–Crippen MR) is 136 cm³/mol. The van der Waals surface area contributed by atoms with E-state index in [2.05, 4.69) is 74.5 Å². The van der Waals surface area contributed by atoms with Crippen LogP contribution >= 0.6 is 0 Å². The van der Waals surface area contributed by atoms with Crippen LogP contribution < -0.4 is 0 Å². The summed E-state index contributed by atoms with van der Waals surface area (Å²) in [7, 11) is 0. The van der Waals surface area contributed by atoms with Gasteiger partial charge < -0.3 is 0 Å². The van der Waals surface area contributed by atoms with E-state index < -0.39 is 0 Å². The maximum atomic E-state index is 12.4. The van der Waals surface area contributed by atoms with Crippen molar-refractivity contribution in [3.8, 4) is 0 Å². The molecule has 0 aromatic heterocycles. The van der Waals surface area contributed by atoms with Crippen molar-refractivity contribution >= 4 is 11.6 Å². The van der Waals surface area contributed by atoms with Crippen molar-refractivity contribution < 1.29 is 9.59 Å². The molecule has 0 atom stereocenters. The zero-order chi connectivity index (χ0) is 24.4. The normalized spacial score (nSPS) is 29.8. The molecule has 2 fully saturated rings. The van der Waals surface area contributed by atoms with E-state index in [0.717, 1.165) is 25.7 Å². The maximum absolute atomic E-state index is 12.4. The summed E-state index contributed by atoms with van der Waals surface area (Å²) in [6.07, 6.45) is 15.4. The summed E-state index contributed by atoms with van der Waals surface area (Å²) in [5.41, 5.74) is 1.21. The molecule has 2 heteroatoms. The number of carbonyl (C=O) groups is 2. The summed E-state index contributed by atoms with van der Waals surface area (Å²) < 4.78 is 0. The van der Waals surface area contributed by atoms with Gasteiger partial charge in [0.2, 0.25) is 0 Å². The molecule has 0 saturated heterocycles. The van der Waals surface area contributed by atoms with Gasteiger partial charge >= 0.3 is 0 Å². The Bertz CT molecular complexity index is 696. The molecule has 0 unspecified atom stereocenters. The Morgan fingerprint density at radius 1 is 0.656 bits per heavy atom. The highest BCUT2D eigenvalue weighted by Crippen LogP contribution is 2.53. The average Bonchev–Trinajstić information content (AvgIpc) is 2.75. The molecule has 2 aliphatic rings. The van der Waals surface area contributed by atoms with Crippen LogP contribution in [0.1, 0.15) is 114 Å². The van der Waals surface area contributed by atoms with Crippen molar-refractivity contribution in [1.29, 1.82) is 0 Å². The molecule has 0 bridgehead atoms. The zero-order valence-electron chi connectivity index (χ0n) is 22.5. The Kier molecular flexibility index (Phi) is 8.44. The van der Waals surface area contributed by atoms with Gasteiger partial charge in [-0.3, -0.25) is 9.59 Å². The smallest absolute Gasteiger partial charge is 0.155 e. The lowest BCUT2D eigenvalue weighted by molar-refractivity contribution is -0.119. The monoisotopic (exact) mass is 442 g/mol. The number of hydrogen-bond donors (Lipinski definition) is 0. The number of allylic oxidation sites excluding steroid dienone is 4. The van der Waals surface area contributed by atoms with Crippen molar-refractivity contribution in [3.63, 3.8) is 0 Å². The summed E-state index contributed by atoms with van der Waals surface area (Å²) in [4.78, 5) is 24.9. The Balaban J connectivity index is 1.85. The first-order chi connectivity index (χ1) is 14.5. The van der Waals surface area contributed by atoms with Gasteiger partial charge in [-0.25, -0.2) is 0 Å². The van der Waals surface area contributed by atoms with Gasteiger partial charge in [0.05, 0.1) is 0 Å². The van der Waals surface area contributed by atoms with Gasteiger partial charge in [0.1, 0.15) is 0 Å². The van der Waals surface area contributed by atoms with Crippen LogP contribution in [0.3, 0.4) is 0 Å². The van der Waals surface area contributed by atoms with E-state index in [1.54, 1.807) is 12.2 Å². The third kappa shape index (κ3) is 7.99. The lowest BCUT2D eigenvalue weighted by Gasteiger charge is -2.50. The molecule has 2 aliphatic carbocycles.